The Labute approximate surface area is 89.4 Å². The molecule has 0 aliphatic carbocycles. The van der Waals surface area contributed by atoms with Crippen LogP contribution >= 0.6 is 11.6 Å². The molecule has 1 aliphatic rings. The van der Waals surface area contributed by atoms with Gasteiger partial charge in [-0.15, -0.1) is 0 Å². The first-order valence-electron chi connectivity index (χ1n) is 4.92. The Kier molecular flexibility index (Phi) is 3.06. The van der Waals surface area contributed by atoms with Crippen molar-refractivity contribution >= 4 is 11.6 Å². The minimum atomic E-state index is 0.122. The molecular weight excluding hydrogens is 198 g/mol. The molecule has 2 nitrogen and oxygen atoms in total. The molecule has 0 unspecified atom stereocenters. The lowest BCUT2D eigenvalue weighted by molar-refractivity contribution is 0.0353. The third kappa shape index (κ3) is 1.92. The Morgan fingerprint density at radius 1 is 1.43 bits per heavy atom. The van der Waals surface area contributed by atoms with Crippen LogP contribution in [0.25, 0.3) is 0 Å². The summed E-state index contributed by atoms with van der Waals surface area (Å²) in [5, 5.41) is 0.773. The minimum absolute atomic E-state index is 0.122. The summed E-state index contributed by atoms with van der Waals surface area (Å²) in [5.41, 5.74) is 1.19. The molecule has 1 atom stereocenters. The van der Waals surface area contributed by atoms with Gasteiger partial charge >= 0.3 is 0 Å². The normalized spacial score (nSPS) is 22.9. The van der Waals surface area contributed by atoms with Crippen LogP contribution in [0.1, 0.15) is 18.7 Å². The van der Waals surface area contributed by atoms with Crippen molar-refractivity contribution in [3.63, 3.8) is 0 Å². The lowest BCUT2D eigenvalue weighted by Crippen LogP contribution is -2.23. The Balaban J connectivity index is 2.17. The number of hydrogen-bond donors (Lipinski definition) is 0. The second kappa shape index (κ2) is 4.30. The highest BCUT2D eigenvalue weighted by Gasteiger charge is 2.24. The van der Waals surface area contributed by atoms with Crippen molar-refractivity contribution in [3.8, 4) is 0 Å². The molecule has 1 heterocycles. The van der Waals surface area contributed by atoms with E-state index in [1.54, 1.807) is 0 Å². The van der Waals surface area contributed by atoms with Crippen LogP contribution in [0.4, 0.5) is 0 Å². The lowest BCUT2D eigenvalue weighted by atomic mass is 10.2. The third-order valence-electron chi connectivity index (χ3n) is 2.55. The Bertz CT molecular complexity index is 299. The molecular formula is C11H14ClNO. The number of likely N-dealkylation sites (N-methyl/N-ethyl adjacent to an activating group) is 1. The van der Waals surface area contributed by atoms with Crippen molar-refractivity contribution in [3.05, 3.63) is 34.9 Å². The summed E-state index contributed by atoms with van der Waals surface area (Å²) in [6, 6.07) is 7.88. The first kappa shape index (κ1) is 9.97. The van der Waals surface area contributed by atoms with Crippen molar-refractivity contribution < 1.29 is 4.74 Å². The van der Waals surface area contributed by atoms with Crippen molar-refractivity contribution in [1.29, 1.82) is 0 Å². The smallest absolute Gasteiger partial charge is 0.136 e. The third-order valence-corrected chi connectivity index (χ3v) is 2.80. The highest BCUT2D eigenvalue weighted by atomic mass is 35.5. The molecule has 0 radical (unpaired) electrons. The zero-order valence-electron chi connectivity index (χ0n) is 8.24. The molecule has 1 fully saturated rings. The van der Waals surface area contributed by atoms with E-state index in [2.05, 4.69) is 11.8 Å². The second-order valence-corrected chi connectivity index (χ2v) is 3.84. The van der Waals surface area contributed by atoms with Crippen LogP contribution in [0.2, 0.25) is 5.02 Å². The predicted molar refractivity (Wildman–Crippen MR) is 57.4 cm³/mol. The summed E-state index contributed by atoms with van der Waals surface area (Å²) < 4.78 is 5.67. The van der Waals surface area contributed by atoms with Gasteiger partial charge in [0.1, 0.15) is 6.23 Å². The zero-order chi connectivity index (χ0) is 9.97. The summed E-state index contributed by atoms with van der Waals surface area (Å²) in [5.74, 6) is 0. The standard InChI is InChI=1S/C11H14ClNO/c1-2-13-7-8-14-11(13)9-3-5-10(12)6-4-9/h3-6,11H,2,7-8H2,1H3/t11-/m1/s1. The van der Waals surface area contributed by atoms with Crippen molar-refractivity contribution in [2.24, 2.45) is 0 Å². The van der Waals surface area contributed by atoms with Gasteiger partial charge in [0.15, 0.2) is 0 Å². The molecule has 14 heavy (non-hydrogen) atoms. The molecule has 2 rings (SSSR count). The van der Waals surface area contributed by atoms with Crippen LogP contribution in [-0.2, 0) is 4.74 Å². The molecule has 0 N–H and O–H groups in total. The molecule has 0 spiro atoms. The minimum Gasteiger partial charge on any atom is -0.358 e. The molecule has 0 amide bonds. The highest BCUT2D eigenvalue weighted by Crippen LogP contribution is 2.26. The van der Waals surface area contributed by atoms with Gasteiger partial charge in [0.2, 0.25) is 0 Å². The maximum absolute atomic E-state index is 5.83. The number of rotatable bonds is 2. The maximum atomic E-state index is 5.83. The van der Waals surface area contributed by atoms with Gasteiger partial charge < -0.3 is 4.74 Å². The van der Waals surface area contributed by atoms with Crippen LogP contribution in [0.3, 0.4) is 0 Å². The van der Waals surface area contributed by atoms with Crippen molar-refractivity contribution in [2.45, 2.75) is 13.2 Å². The molecule has 76 valence electrons. The van der Waals surface area contributed by atoms with Gasteiger partial charge in [0.05, 0.1) is 6.61 Å². The quantitative estimate of drug-likeness (QED) is 0.746. The van der Waals surface area contributed by atoms with Crippen LogP contribution in [0.5, 0.6) is 0 Å². The van der Waals surface area contributed by atoms with E-state index in [0.29, 0.717) is 0 Å². The van der Waals surface area contributed by atoms with E-state index in [1.807, 2.05) is 24.3 Å². The van der Waals surface area contributed by atoms with Gasteiger partial charge in [-0.1, -0.05) is 30.7 Å². The van der Waals surface area contributed by atoms with Gasteiger partial charge in [-0.3, -0.25) is 4.90 Å². The molecule has 1 aliphatic heterocycles. The number of ether oxygens (including phenoxy) is 1. The van der Waals surface area contributed by atoms with Crippen LogP contribution < -0.4 is 0 Å². The molecule has 1 aromatic rings. The number of hydrogen-bond acceptors (Lipinski definition) is 2. The number of benzene rings is 1. The second-order valence-electron chi connectivity index (χ2n) is 3.40. The van der Waals surface area contributed by atoms with Crippen molar-refractivity contribution in [2.75, 3.05) is 19.7 Å². The Hall–Kier alpha value is -0.570. The first-order valence-corrected chi connectivity index (χ1v) is 5.30. The van der Waals surface area contributed by atoms with E-state index in [-0.39, 0.29) is 6.23 Å². The van der Waals surface area contributed by atoms with Crippen LogP contribution in [-0.4, -0.2) is 24.6 Å². The lowest BCUT2D eigenvalue weighted by Gasteiger charge is -2.21. The van der Waals surface area contributed by atoms with Gasteiger partial charge in [-0.05, 0) is 24.2 Å². The SMILES string of the molecule is CCN1CCO[C@@H]1c1ccc(Cl)cc1. The van der Waals surface area contributed by atoms with Crippen LogP contribution in [0, 0.1) is 0 Å². The van der Waals surface area contributed by atoms with Gasteiger partial charge in [0, 0.05) is 11.6 Å². The maximum Gasteiger partial charge on any atom is 0.136 e. The fraction of sp³-hybridized carbons (Fsp3) is 0.455. The average molecular weight is 212 g/mol. The van der Waals surface area contributed by atoms with E-state index < -0.39 is 0 Å². The largest absolute Gasteiger partial charge is 0.358 e. The van der Waals surface area contributed by atoms with Crippen LogP contribution in [0.15, 0.2) is 24.3 Å². The summed E-state index contributed by atoms with van der Waals surface area (Å²) in [4.78, 5) is 2.31. The zero-order valence-corrected chi connectivity index (χ0v) is 9.00. The summed E-state index contributed by atoms with van der Waals surface area (Å²) in [6.45, 7) is 5.01. The molecule has 3 heteroatoms. The summed E-state index contributed by atoms with van der Waals surface area (Å²) in [7, 11) is 0. The van der Waals surface area contributed by atoms with E-state index in [9.17, 15) is 0 Å². The Morgan fingerprint density at radius 3 is 2.79 bits per heavy atom. The van der Waals surface area contributed by atoms with Gasteiger partial charge in [-0.25, -0.2) is 0 Å². The average Bonchev–Trinajstić information content (AvgIpc) is 2.67. The van der Waals surface area contributed by atoms with Gasteiger partial charge in [0.25, 0.3) is 0 Å². The van der Waals surface area contributed by atoms with E-state index in [4.69, 9.17) is 16.3 Å². The van der Waals surface area contributed by atoms with Gasteiger partial charge in [-0.2, -0.15) is 0 Å². The molecule has 1 aromatic carbocycles. The first-order chi connectivity index (χ1) is 6.81. The predicted octanol–water partition coefficient (Wildman–Crippen LogP) is 2.69. The summed E-state index contributed by atoms with van der Waals surface area (Å²) >= 11 is 5.83. The molecule has 0 bridgehead atoms. The fourth-order valence-electron chi connectivity index (χ4n) is 1.76. The number of halogens is 1. The Morgan fingerprint density at radius 2 is 2.14 bits per heavy atom. The molecule has 0 saturated carbocycles. The van der Waals surface area contributed by atoms with E-state index >= 15 is 0 Å². The number of nitrogens with zero attached hydrogens (tertiary/aromatic N) is 1. The van der Waals surface area contributed by atoms with Crippen molar-refractivity contribution in [1.82, 2.24) is 4.90 Å². The topological polar surface area (TPSA) is 12.5 Å². The van der Waals surface area contributed by atoms with E-state index in [1.165, 1.54) is 5.56 Å². The molecule has 1 saturated heterocycles. The summed E-state index contributed by atoms with van der Waals surface area (Å²) in [6.07, 6.45) is 0.122. The highest BCUT2D eigenvalue weighted by molar-refractivity contribution is 6.30. The van der Waals surface area contributed by atoms with E-state index in [0.717, 1.165) is 24.7 Å². The monoisotopic (exact) mass is 211 g/mol. The molecule has 0 aromatic heterocycles. The fourth-order valence-corrected chi connectivity index (χ4v) is 1.89.